The summed E-state index contributed by atoms with van der Waals surface area (Å²) in [5.74, 6) is 1.06. The second-order valence-electron chi connectivity index (χ2n) is 4.54. The molecular weight excluding hydrogens is 198 g/mol. The smallest absolute Gasteiger partial charge is 0.199 e. The summed E-state index contributed by atoms with van der Waals surface area (Å²) in [4.78, 5) is 7.09. The van der Waals surface area contributed by atoms with Crippen molar-refractivity contribution in [2.24, 2.45) is 4.99 Å². The summed E-state index contributed by atoms with van der Waals surface area (Å²) < 4.78 is 0. The molecule has 0 aromatic heterocycles. The maximum Gasteiger partial charge on any atom is 0.199 e. The molecule has 0 saturated carbocycles. The summed E-state index contributed by atoms with van der Waals surface area (Å²) in [5.41, 5.74) is 2.51. The topological polar surface area (TPSA) is 27.6 Å². The third kappa shape index (κ3) is 1.56. The molecular formula is C13H17N3. The highest BCUT2D eigenvalue weighted by atomic mass is 15.3. The monoisotopic (exact) mass is 215 g/mol. The standard InChI is InChI=1S/C13H17N3/c1-10-11-6-2-3-7-12(11)15-13(14-10)16-8-4-5-9-16/h2-3,6-7,10H,4-5,8-9H2,1H3,(H,14,15)/t10-/m0/s1. The number of para-hydroxylation sites is 1. The number of benzene rings is 1. The number of hydrogen-bond acceptors (Lipinski definition) is 3. The van der Waals surface area contributed by atoms with E-state index in [1.54, 1.807) is 0 Å². The van der Waals surface area contributed by atoms with E-state index >= 15 is 0 Å². The number of nitrogens with one attached hydrogen (secondary N) is 1. The maximum absolute atomic E-state index is 4.74. The molecule has 0 amide bonds. The zero-order valence-corrected chi connectivity index (χ0v) is 9.61. The third-order valence-corrected chi connectivity index (χ3v) is 3.38. The van der Waals surface area contributed by atoms with Crippen LogP contribution in [0.3, 0.4) is 0 Å². The van der Waals surface area contributed by atoms with Crippen molar-refractivity contribution in [3.8, 4) is 0 Å². The number of nitrogens with zero attached hydrogens (tertiary/aromatic N) is 2. The molecule has 1 atom stereocenters. The number of rotatable bonds is 0. The van der Waals surface area contributed by atoms with Crippen molar-refractivity contribution >= 4 is 11.6 Å². The van der Waals surface area contributed by atoms with Gasteiger partial charge in [0.15, 0.2) is 5.96 Å². The molecule has 3 rings (SSSR count). The van der Waals surface area contributed by atoms with E-state index in [-0.39, 0.29) is 6.04 Å². The molecule has 3 nitrogen and oxygen atoms in total. The van der Waals surface area contributed by atoms with Crippen molar-refractivity contribution in [3.05, 3.63) is 29.8 Å². The Morgan fingerprint density at radius 1 is 1.25 bits per heavy atom. The van der Waals surface area contributed by atoms with Gasteiger partial charge in [-0.1, -0.05) is 18.2 Å². The summed E-state index contributed by atoms with van der Waals surface area (Å²) >= 11 is 0. The summed E-state index contributed by atoms with van der Waals surface area (Å²) in [5, 5.41) is 3.45. The third-order valence-electron chi connectivity index (χ3n) is 3.38. The van der Waals surface area contributed by atoms with Gasteiger partial charge in [0.05, 0.1) is 6.04 Å². The Kier molecular flexibility index (Phi) is 2.31. The van der Waals surface area contributed by atoms with E-state index < -0.39 is 0 Å². The SMILES string of the molecule is C[C@@H]1N=C(N2CCCC2)Nc2ccccc21. The van der Waals surface area contributed by atoms with E-state index in [9.17, 15) is 0 Å². The van der Waals surface area contributed by atoms with Crippen LogP contribution in [0.25, 0.3) is 0 Å². The number of anilines is 1. The highest BCUT2D eigenvalue weighted by Gasteiger charge is 2.22. The van der Waals surface area contributed by atoms with E-state index in [1.807, 2.05) is 0 Å². The lowest BCUT2D eigenvalue weighted by Gasteiger charge is -2.28. The summed E-state index contributed by atoms with van der Waals surface area (Å²) in [6.07, 6.45) is 2.58. The lowest BCUT2D eigenvalue weighted by Crippen LogP contribution is -2.36. The van der Waals surface area contributed by atoms with Crippen molar-refractivity contribution in [1.82, 2.24) is 4.90 Å². The Balaban J connectivity index is 1.90. The van der Waals surface area contributed by atoms with Crippen LogP contribution < -0.4 is 5.32 Å². The van der Waals surface area contributed by atoms with E-state index in [0.29, 0.717) is 0 Å². The Morgan fingerprint density at radius 2 is 2.00 bits per heavy atom. The second-order valence-corrected chi connectivity index (χ2v) is 4.54. The molecule has 0 unspecified atom stereocenters. The van der Waals surface area contributed by atoms with Gasteiger partial charge >= 0.3 is 0 Å². The molecule has 1 aromatic carbocycles. The molecule has 0 aliphatic carbocycles. The fourth-order valence-electron chi connectivity index (χ4n) is 2.47. The normalized spacial score (nSPS) is 23.7. The predicted molar refractivity (Wildman–Crippen MR) is 66.7 cm³/mol. The van der Waals surface area contributed by atoms with Gasteiger partial charge in [0.25, 0.3) is 0 Å². The zero-order valence-electron chi connectivity index (χ0n) is 9.61. The molecule has 3 heteroatoms. The minimum Gasteiger partial charge on any atom is -0.343 e. The van der Waals surface area contributed by atoms with Gasteiger partial charge in [-0.25, -0.2) is 4.99 Å². The molecule has 1 aromatic rings. The van der Waals surface area contributed by atoms with Crippen LogP contribution in [0.5, 0.6) is 0 Å². The van der Waals surface area contributed by atoms with E-state index in [2.05, 4.69) is 41.4 Å². The molecule has 0 radical (unpaired) electrons. The number of guanidine groups is 1. The molecule has 1 saturated heterocycles. The summed E-state index contributed by atoms with van der Waals surface area (Å²) in [6.45, 7) is 4.44. The fourth-order valence-corrected chi connectivity index (χ4v) is 2.47. The molecule has 0 spiro atoms. The van der Waals surface area contributed by atoms with Crippen LogP contribution in [0.1, 0.15) is 31.4 Å². The molecule has 0 bridgehead atoms. The molecule has 84 valence electrons. The van der Waals surface area contributed by atoms with Crippen LogP contribution in [0, 0.1) is 0 Å². The van der Waals surface area contributed by atoms with Gasteiger partial charge in [-0.3, -0.25) is 0 Å². The first-order valence-corrected chi connectivity index (χ1v) is 6.03. The summed E-state index contributed by atoms with van der Waals surface area (Å²) in [7, 11) is 0. The van der Waals surface area contributed by atoms with Crippen molar-refractivity contribution in [3.63, 3.8) is 0 Å². The van der Waals surface area contributed by atoms with Crippen LogP contribution in [0.2, 0.25) is 0 Å². The fraction of sp³-hybridized carbons (Fsp3) is 0.462. The Bertz CT molecular complexity index is 419. The van der Waals surface area contributed by atoms with Crippen LogP contribution in [0.4, 0.5) is 5.69 Å². The first kappa shape index (κ1) is 9.70. The van der Waals surface area contributed by atoms with Crippen molar-refractivity contribution in [2.45, 2.75) is 25.8 Å². The van der Waals surface area contributed by atoms with Gasteiger partial charge in [0.1, 0.15) is 0 Å². The summed E-state index contributed by atoms with van der Waals surface area (Å²) in [6, 6.07) is 8.71. The molecule has 2 aliphatic rings. The van der Waals surface area contributed by atoms with Gasteiger partial charge < -0.3 is 10.2 Å². The van der Waals surface area contributed by atoms with E-state index in [4.69, 9.17) is 4.99 Å². The lowest BCUT2D eigenvalue weighted by molar-refractivity contribution is 0.509. The number of fused-ring (bicyclic) bond motifs is 1. The van der Waals surface area contributed by atoms with Crippen LogP contribution >= 0.6 is 0 Å². The first-order chi connectivity index (χ1) is 7.84. The van der Waals surface area contributed by atoms with Gasteiger partial charge in [0.2, 0.25) is 0 Å². The average Bonchev–Trinajstić information content (AvgIpc) is 2.82. The first-order valence-electron chi connectivity index (χ1n) is 6.03. The Morgan fingerprint density at radius 3 is 2.81 bits per heavy atom. The van der Waals surface area contributed by atoms with Gasteiger partial charge in [-0.2, -0.15) is 0 Å². The lowest BCUT2D eigenvalue weighted by atomic mass is 10.1. The van der Waals surface area contributed by atoms with Gasteiger partial charge in [0, 0.05) is 18.8 Å². The zero-order chi connectivity index (χ0) is 11.0. The van der Waals surface area contributed by atoms with Crippen LogP contribution in [-0.2, 0) is 0 Å². The molecule has 1 N–H and O–H groups in total. The van der Waals surface area contributed by atoms with Crippen molar-refractivity contribution in [2.75, 3.05) is 18.4 Å². The Labute approximate surface area is 96.2 Å². The average molecular weight is 215 g/mol. The van der Waals surface area contributed by atoms with E-state index in [1.165, 1.54) is 24.1 Å². The number of likely N-dealkylation sites (tertiary alicyclic amines) is 1. The maximum atomic E-state index is 4.74. The minimum absolute atomic E-state index is 0.271. The van der Waals surface area contributed by atoms with Crippen molar-refractivity contribution in [1.29, 1.82) is 0 Å². The number of aliphatic imine (C=N–C) groups is 1. The second kappa shape index (κ2) is 3.81. The van der Waals surface area contributed by atoms with Gasteiger partial charge in [-0.05, 0) is 31.4 Å². The Hall–Kier alpha value is -1.51. The van der Waals surface area contributed by atoms with Gasteiger partial charge in [-0.15, -0.1) is 0 Å². The predicted octanol–water partition coefficient (Wildman–Crippen LogP) is 2.62. The molecule has 16 heavy (non-hydrogen) atoms. The number of hydrogen-bond donors (Lipinski definition) is 1. The molecule has 2 aliphatic heterocycles. The minimum atomic E-state index is 0.271. The quantitative estimate of drug-likeness (QED) is 0.720. The van der Waals surface area contributed by atoms with Crippen LogP contribution in [-0.4, -0.2) is 23.9 Å². The molecule has 2 heterocycles. The highest BCUT2D eigenvalue weighted by molar-refractivity contribution is 5.96. The van der Waals surface area contributed by atoms with Crippen LogP contribution in [0.15, 0.2) is 29.3 Å². The molecule has 1 fully saturated rings. The van der Waals surface area contributed by atoms with E-state index in [0.717, 1.165) is 19.0 Å². The largest absolute Gasteiger partial charge is 0.343 e. The van der Waals surface area contributed by atoms with Crippen molar-refractivity contribution < 1.29 is 0 Å². The highest BCUT2D eigenvalue weighted by Crippen LogP contribution is 2.30.